The van der Waals surface area contributed by atoms with E-state index in [9.17, 15) is 9.90 Å². The standard InChI is InChI=1S/C22H21NO2.ClHO4/c1-16(2)20-13-19(17-9-5-3-6-10-17)14-21(23(20)15-22(24)25)18-11-7-4-8-12-18;2-1(3,4)5/h3-14,16H,15H2,1-2H3;(H,2,3,4,5). The number of aromatic nitrogens is 1. The van der Waals surface area contributed by atoms with Crippen molar-refractivity contribution in [3.8, 4) is 22.4 Å². The quantitative estimate of drug-likeness (QED) is 0.554. The second-order valence-electron chi connectivity index (χ2n) is 6.80. The van der Waals surface area contributed by atoms with Gasteiger partial charge in [-0.1, -0.05) is 62.4 Å². The summed E-state index contributed by atoms with van der Waals surface area (Å²) in [6.45, 7) is 4.14. The van der Waals surface area contributed by atoms with Crippen LogP contribution in [0.3, 0.4) is 0 Å². The van der Waals surface area contributed by atoms with Crippen molar-refractivity contribution < 1.29 is 43.3 Å². The van der Waals surface area contributed by atoms with E-state index < -0.39 is 16.2 Å². The van der Waals surface area contributed by atoms with Crippen LogP contribution in [0, 0.1) is 10.2 Å². The van der Waals surface area contributed by atoms with Crippen LogP contribution in [0.25, 0.3) is 22.4 Å². The largest absolute Gasteiger partial charge is 0.477 e. The first-order valence-corrected chi connectivity index (χ1v) is 10.3. The lowest BCUT2D eigenvalue weighted by molar-refractivity contribution is -2.00. The SMILES string of the molecule is CC(C)c1cc(-c2ccccc2)cc(-c2ccccc2)[n+]1CC(=O)O.[O-][Cl+3]([O-])([O-])[O-]. The van der Waals surface area contributed by atoms with Crippen molar-refractivity contribution in [1.29, 1.82) is 0 Å². The number of aliphatic carboxylic acids is 1. The molecule has 0 fully saturated rings. The first-order valence-electron chi connectivity index (χ1n) is 9.08. The summed E-state index contributed by atoms with van der Waals surface area (Å²) in [6.07, 6.45) is 0. The van der Waals surface area contributed by atoms with E-state index in [1.54, 1.807) is 0 Å². The molecular formula is C22H22ClNO6. The van der Waals surface area contributed by atoms with Crippen LogP contribution in [0.15, 0.2) is 72.8 Å². The average Bonchev–Trinajstić information content (AvgIpc) is 2.67. The maximum Gasteiger partial charge on any atom is 0.370 e. The van der Waals surface area contributed by atoms with Crippen molar-refractivity contribution in [3.05, 3.63) is 78.5 Å². The Labute approximate surface area is 176 Å². The van der Waals surface area contributed by atoms with E-state index in [1.807, 2.05) is 53.1 Å². The molecule has 158 valence electrons. The lowest BCUT2D eigenvalue weighted by atomic mass is 9.98. The fraction of sp³-hybridized carbons (Fsp3) is 0.182. The van der Waals surface area contributed by atoms with Gasteiger partial charge in [0.25, 0.3) is 0 Å². The van der Waals surface area contributed by atoms with Crippen LogP contribution in [0.4, 0.5) is 0 Å². The van der Waals surface area contributed by atoms with Crippen LogP contribution in [0.1, 0.15) is 25.5 Å². The number of nitrogens with zero attached hydrogens (tertiary/aromatic N) is 1. The van der Waals surface area contributed by atoms with Gasteiger partial charge in [-0.05, 0) is 23.3 Å². The molecule has 1 N–H and O–H groups in total. The number of benzene rings is 2. The van der Waals surface area contributed by atoms with E-state index in [0.29, 0.717) is 0 Å². The molecule has 0 aliphatic carbocycles. The Balaban J connectivity index is 0.000000575. The molecule has 1 aromatic heterocycles. The second kappa shape index (κ2) is 10.3. The molecule has 7 nitrogen and oxygen atoms in total. The number of carbonyl (C=O) groups is 1. The molecule has 3 aromatic rings. The fourth-order valence-electron chi connectivity index (χ4n) is 3.08. The third-order valence-corrected chi connectivity index (χ3v) is 4.26. The van der Waals surface area contributed by atoms with Crippen LogP contribution < -0.4 is 23.2 Å². The van der Waals surface area contributed by atoms with E-state index >= 15 is 0 Å². The number of halogens is 1. The van der Waals surface area contributed by atoms with Gasteiger partial charge in [-0.15, -0.1) is 10.2 Å². The molecule has 0 radical (unpaired) electrons. The molecule has 2 aromatic carbocycles. The van der Waals surface area contributed by atoms with Gasteiger partial charge in [-0.3, -0.25) is 0 Å². The van der Waals surface area contributed by atoms with Crippen molar-refractivity contribution in [2.24, 2.45) is 0 Å². The summed E-state index contributed by atoms with van der Waals surface area (Å²) in [6, 6.07) is 24.3. The van der Waals surface area contributed by atoms with Crippen LogP contribution in [-0.4, -0.2) is 11.1 Å². The van der Waals surface area contributed by atoms with E-state index in [2.05, 4.69) is 38.1 Å². The molecule has 0 unspecified atom stereocenters. The molecule has 0 aliphatic heterocycles. The summed E-state index contributed by atoms with van der Waals surface area (Å²) in [5.74, 6) is -0.623. The maximum atomic E-state index is 11.5. The van der Waals surface area contributed by atoms with Gasteiger partial charge in [0, 0.05) is 23.6 Å². The summed E-state index contributed by atoms with van der Waals surface area (Å²) < 4.78 is 35.9. The zero-order valence-electron chi connectivity index (χ0n) is 16.5. The molecular weight excluding hydrogens is 410 g/mol. The second-order valence-corrected chi connectivity index (χ2v) is 7.55. The zero-order chi connectivity index (χ0) is 22.3. The normalized spacial score (nSPS) is 11.0. The van der Waals surface area contributed by atoms with Gasteiger partial charge in [-0.2, -0.15) is 4.57 Å². The fourth-order valence-corrected chi connectivity index (χ4v) is 3.08. The highest BCUT2D eigenvalue weighted by Gasteiger charge is 2.25. The Morgan fingerprint density at radius 2 is 1.33 bits per heavy atom. The minimum absolute atomic E-state index is 0.0488. The Morgan fingerprint density at radius 1 is 0.867 bits per heavy atom. The molecule has 0 saturated heterocycles. The van der Waals surface area contributed by atoms with Crippen LogP contribution in [0.5, 0.6) is 0 Å². The minimum atomic E-state index is -4.94. The summed E-state index contributed by atoms with van der Waals surface area (Å²) in [4.78, 5) is 11.5. The van der Waals surface area contributed by atoms with Gasteiger partial charge >= 0.3 is 5.97 Å². The van der Waals surface area contributed by atoms with E-state index in [4.69, 9.17) is 18.6 Å². The maximum absolute atomic E-state index is 11.5. The van der Waals surface area contributed by atoms with Crippen molar-refractivity contribution >= 4 is 5.97 Å². The molecule has 30 heavy (non-hydrogen) atoms. The smallest absolute Gasteiger partial charge is 0.370 e. The van der Waals surface area contributed by atoms with Crippen LogP contribution in [-0.2, 0) is 11.3 Å². The third kappa shape index (κ3) is 7.22. The number of hydrogen-bond donors (Lipinski definition) is 1. The summed E-state index contributed by atoms with van der Waals surface area (Å²) in [5.41, 5.74) is 5.19. The number of carboxylic acid groups (broad SMARTS) is 1. The number of carboxylic acids is 1. The summed E-state index contributed by atoms with van der Waals surface area (Å²) >= 11 is 0. The molecule has 0 saturated carbocycles. The minimum Gasteiger partial charge on any atom is -0.477 e. The molecule has 0 spiro atoms. The van der Waals surface area contributed by atoms with Gasteiger partial charge < -0.3 is 5.11 Å². The number of hydrogen-bond acceptors (Lipinski definition) is 5. The Morgan fingerprint density at radius 3 is 1.77 bits per heavy atom. The highest BCUT2D eigenvalue weighted by molar-refractivity contribution is 5.70. The Kier molecular flexibility index (Phi) is 8.05. The average molecular weight is 432 g/mol. The highest BCUT2D eigenvalue weighted by Crippen LogP contribution is 2.27. The van der Waals surface area contributed by atoms with Crippen molar-refractivity contribution in [1.82, 2.24) is 0 Å². The van der Waals surface area contributed by atoms with Crippen molar-refractivity contribution in [3.63, 3.8) is 0 Å². The van der Waals surface area contributed by atoms with Gasteiger partial charge in [0.2, 0.25) is 12.2 Å². The van der Waals surface area contributed by atoms with Crippen molar-refractivity contribution in [2.45, 2.75) is 26.3 Å². The van der Waals surface area contributed by atoms with Gasteiger partial charge in [-0.25, -0.2) is 23.4 Å². The molecule has 0 bridgehead atoms. The first-order chi connectivity index (χ1) is 14.1. The molecule has 0 amide bonds. The summed E-state index contributed by atoms with van der Waals surface area (Å²) in [7, 11) is -4.94. The third-order valence-electron chi connectivity index (χ3n) is 4.26. The predicted octanol–water partition coefficient (Wildman–Crippen LogP) is -0.240. The lowest BCUT2D eigenvalue weighted by Gasteiger charge is -2.17. The van der Waals surface area contributed by atoms with Gasteiger partial charge in [0.1, 0.15) is 0 Å². The molecule has 8 heteroatoms. The topological polar surface area (TPSA) is 133 Å². The Hall–Kier alpha value is -2.81. The highest BCUT2D eigenvalue weighted by atomic mass is 35.7. The van der Waals surface area contributed by atoms with Crippen LogP contribution >= 0.6 is 0 Å². The molecule has 3 rings (SSSR count). The predicted molar refractivity (Wildman–Crippen MR) is 99.2 cm³/mol. The molecule has 1 heterocycles. The number of pyridine rings is 1. The zero-order valence-corrected chi connectivity index (χ0v) is 17.3. The van der Waals surface area contributed by atoms with E-state index in [0.717, 1.165) is 28.1 Å². The number of rotatable bonds is 5. The van der Waals surface area contributed by atoms with Gasteiger partial charge in [0.05, 0.1) is 0 Å². The summed E-state index contributed by atoms with van der Waals surface area (Å²) in [5, 5.41) is 9.41. The van der Waals surface area contributed by atoms with Gasteiger partial charge in [0.15, 0.2) is 5.69 Å². The molecule has 0 aliphatic rings. The van der Waals surface area contributed by atoms with E-state index in [-0.39, 0.29) is 12.5 Å². The lowest BCUT2D eigenvalue weighted by Crippen LogP contribution is -2.68. The molecule has 0 atom stereocenters. The Bertz CT molecular complexity index is 966. The van der Waals surface area contributed by atoms with Crippen LogP contribution in [0.2, 0.25) is 0 Å². The van der Waals surface area contributed by atoms with Crippen molar-refractivity contribution in [2.75, 3.05) is 0 Å². The van der Waals surface area contributed by atoms with E-state index in [1.165, 1.54) is 0 Å². The monoisotopic (exact) mass is 431 g/mol. The first kappa shape index (κ1) is 23.5.